The molecule has 120 valence electrons. The summed E-state index contributed by atoms with van der Waals surface area (Å²) < 4.78 is 0. The molecule has 0 aliphatic carbocycles. The lowest BCUT2D eigenvalue weighted by molar-refractivity contribution is 0.0697. The molecule has 0 spiro atoms. The van der Waals surface area contributed by atoms with E-state index >= 15 is 0 Å². The van der Waals surface area contributed by atoms with E-state index in [1.165, 1.54) is 6.20 Å². The van der Waals surface area contributed by atoms with E-state index in [-0.39, 0.29) is 5.56 Å². The van der Waals surface area contributed by atoms with E-state index < -0.39 is 5.97 Å². The largest absolute Gasteiger partial charge is 0.478 e. The zero-order valence-corrected chi connectivity index (χ0v) is 13.2. The lowest BCUT2D eigenvalue weighted by Gasteiger charge is -2.36. The molecule has 2 aromatic rings. The summed E-state index contributed by atoms with van der Waals surface area (Å²) in [6, 6.07) is 10.0. The van der Waals surface area contributed by atoms with Gasteiger partial charge in [-0.2, -0.15) is 0 Å². The Morgan fingerprint density at radius 3 is 2.48 bits per heavy atom. The summed E-state index contributed by atoms with van der Waals surface area (Å²) in [6.07, 6.45) is 1.41. The maximum absolute atomic E-state index is 11.5. The number of rotatable bonds is 3. The highest BCUT2D eigenvalue weighted by atomic mass is 16.4. The lowest BCUT2D eigenvalue weighted by Crippen LogP contribution is -2.54. The van der Waals surface area contributed by atoms with E-state index in [1.807, 2.05) is 30.3 Å². The third-order valence-electron chi connectivity index (χ3n) is 3.89. The van der Waals surface area contributed by atoms with Crippen molar-refractivity contribution in [2.45, 2.75) is 25.9 Å². The second-order valence-electron chi connectivity index (χ2n) is 5.98. The molecule has 1 aliphatic rings. The number of hydrogen-bond donors (Lipinski definition) is 2. The minimum absolute atomic E-state index is 0.121. The number of carboxylic acids is 1. The van der Waals surface area contributed by atoms with Crippen molar-refractivity contribution in [3.8, 4) is 11.3 Å². The average molecular weight is 312 g/mol. The highest BCUT2D eigenvalue weighted by Crippen LogP contribution is 2.24. The van der Waals surface area contributed by atoms with Crippen LogP contribution in [-0.4, -0.2) is 46.2 Å². The Morgan fingerprint density at radius 1 is 1.22 bits per heavy atom. The zero-order chi connectivity index (χ0) is 16.4. The number of benzene rings is 1. The first-order chi connectivity index (χ1) is 11.0. The van der Waals surface area contributed by atoms with Gasteiger partial charge in [-0.05, 0) is 13.8 Å². The van der Waals surface area contributed by atoms with Crippen LogP contribution < -0.4 is 10.2 Å². The van der Waals surface area contributed by atoms with Gasteiger partial charge in [-0.25, -0.2) is 14.8 Å². The van der Waals surface area contributed by atoms with Gasteiger partial charge in [0.05, 0.1) is 5.69 Å². The first-order valence-electron chi connectivity index (χ1n) is 7.71. The van der Waals surface area contributed by atoms with Gasteiger partial charge in [0.1, 0.15) is 5.56 Å². The van der Waals surface area contributed by atoms with Crippen LogP contribution >= 0.6 is 0 Å². The van der Waals surface area contributed by atoms with E-state index in [0.717, 1.165) is 18.7 Å². The van der Waals surface area contributed by atoms with Gasteiger partial charge in [0.2, 0.25) is 5.95 Å². The van der Waals surface area contributed by atoms with Gasteiger partial charge in [0, 0.05) is 36.9 Å². The maximum atomic E-state index is 11.5. The summed E-state index contributed by atoms with van der Waals surface area (Å²) in [7, 11) is 0. The number of nitrogens with zero attached hydrogens (tertiary/aromatic N) is 3. The molecule has 23 heavy (non-hydrogen) atoms. The van der Waals surface area contributed by atoms with Crippen molar-refractivity contribution in [3.05, 3.63) is 42.1 Å². The fourth-order valence-electron chi connectivity index (χ4n) is 2.99. The number of hydrogen-bond acceptors (Lipinski definition) is 5. The van der Waals surface area contributed by atoms with Gasteiger partial charge < -0.3 is 15.3 Å². The Balaban J connectivity index is 2.02. The van der Waals surface area contributed by atoms with Crippen molar-refractivity contribution in [2.75, 3.05) is 18.0 Å². The Hall–Kier alpha value is -2.47. The van der Waals surface area contributed by atoms with Crippen LogP contribution in [0.2, 0.25) is 0 Å². The molecule has 0 amide bonds. The number of anilines is 1. The third kappa shape index (κ3) is 3.32. The van der Waals surface area contributed by atoms with Crippen molar-refractivity contribution in [3.63, 3.8) is 0 Å². The molecule has 2 atom stereocenters. The third-order valence-corrected chi connectivity index (χ3v) is 3.89. The molecule has 0 saturated carbocycles. The minimum Gasteiger partial charge on any atom is -0.478 e. The topological polar surface area (TPSA) is 78.4 Å². The standard InChI is InChI=1S/C17H20N4O2/c1-11-9-21(10-12(2)19-11)17-18-8-14(16(22)23)15(20-17)13-6-4-3-5-7-13/h3-8,11-12,19H,9-10H2,1-2H3,(H,22,23)/t11-,12+. The first-order valence-corrected chi connectivity index (χ1v) is 7.71. The van der Waals surface area contributed by atoms with Crippen LogP contribution in [-0.2, 0) is 0 Å². The molecule has 1 saturated heterocycles. The van der Waals surface area contributed by atoms with Gasteiger partial charge in [-0.15, -0.1) is 0 Å². The molecule has 0 bridgehead atoms. The fourth-order valence-corrected chi connectivity index (χ4v) is 2.99. The maximum Gasteiger partial charge on any atom is 0.339 e. The number of nitrogens with one attached hydrogen (secondary N) is 1. The van der Waals surface area contributed by atoms with E-state index in [9.17, 15) is 9.90 Å². The minimum atomic E-state index is -1.02. The van der Waals surface area contributed by atoms with Crippen LogP contribution in [0.1, 0.15) is 24.2 Å². The Morgan fingerprint density at radius 2 is 1.87 bits per heavy atom. The van der Waals surface area contributed by atoms with Gasteiger partial charge in [-0.1, -0.05) is 30.3 Å². The number of aromatic nitrogens is 2. The van der Waals surface area contributed by atoms with Crippen LogP contribution in [0.3, 0.4) is 0 Å². The summed E-state index contributed by atoms with van der Waals surface area (Å²) >= 11 is 0. The Bertz CT molecular complexity index is 695. The molecule has 3 rings (SSSR count). The fraction of sp³-hybridized carbons (Fsp3) is 0.353. The van der Waals surface area contributed by atoms with Gasteiger partial charge in [-0.3, -0.25) is 0 Å². The average Bonchev–Trinajstić information content (AvgIpc) is 2.54. The Kier molecular flexibility index (Phi) is 4.25. The van der Waals surface area contributed by atoms with Crippen molar-refractivity contribution in [2.24, 2.45) is 0 Å². The van der Waals surface area contributed by atoms with Crippen LogP contribution in [0.5, 0.6) is 0 Å². The zero-order valence-electron chi connectivity index (χ0n) is 13.2. The highest BCUT2D eigenvalue weighted by molar-refractivity contribution is 5.94. The van der Waals surface area contributed by atoms with Crippen molar-refractivity contribution >= 4 is 11.9 Å². The van der Waals surface area contributed by atoms with Crippen molar-refractivity contribution in [1.82, 2.24) is 15.3 Å². The molecule has 0 unspecified atom stereocenters. The van der Waals surface area contributed by atoms with E-state index in [2.05, 4.69) is 34.0 Å². The summed E-state index contributed by atoms with van der Waals surface area (Å²) in [4.78, 5) is 22.4. The summed E-state index contributed by atoms with van der Waals surface area (Å²) in [5.74, 6) is -0.438. The molecule has 0 radical (unpaired) electrons. The van der Waals surface area contributed by atoms with Crippen LogP contribution in [0, 0.1) is 0 Å². The molecule has 1 aliphatic heterocycles. The molecule has 6 heteroatoms. The van der Waals surface area contributed by atoms with Gasteiger partial charge >= 0.3 is 5.97 Å². The lowest BCUT2D eigenvalue weighted by atomic mass is 10.1. The van der Waals surface area contributed by atoms with E-state index in [0.29, 0.717) is 23.7 Å². The smallest absolute Gasteiger partial charge is 0.339 e. The molecular weight excluding hydrogens is 292 g/mol. The number of carbonyl (C=O) groups is 1. The SMILES string of the molecule is C[C@@H]1CN(c2ncc(C(=O)O)c(-c3ccccc3)n2)C[C@H](C)N1. The molecular formula is C17H20N4O2. The quantitative estimate of drug-likeness (QED) is 0.903. The van der Waals surface area contributed by atoms with Crippen LogP contribution in [0.25, 0.3) is 11.3 Å². The molecule has 2 N–H and O–H groups in total. The predicted molar refractivity (Wildman–Crippen MR) is 88.7 cm³/mol. The first kappa shape index (κ1) is 15.4. The number of aromatic carboxylic acids is 1. The molecule has 1 fully saturated rings. The normalized spacial score (nSPS) is 21.2. The molecule has 2 heterocycles. The summed E-state index contributed by atoms with van der Waals surface area (Å²) in [5.41, 5.74) is 1.36. The van der Waals surface area contributed by atoms with Gasteiger partial charge in [0.25, 0.3) is 0 Å². The number of carboxylic acid groups (broad SMARTS) is 1. The molecule has 1 aromatic heterocycles. The second kappa shape index (κ2) is 6.34. The van der Waals surface area contributed by atoms with Gasteiger partial charge in [0.15, 0.2) is 0 Å². The van der Waals surface area contributed by atoms with E-state index in [4.69, 9.17) is 0 Å². The molecule has 6 nitrogen and oxygen atoms in total. The second-order valence-corrected chi connectivity index (χ2v) is 5.98. The van der Waals surface area contributed by atoms with Crippen LogP contribution in [0.15, 0.2) is 36.5 Å². The van der Waals surface area contributed by atoms with Crippen molar-refractivity contribution < 1.29 is 9.90 Å². The van der Waals surface area contributed by atoms with E-state index in [1.54, 1.807) is 0 Å². The highest BCUT2D eigenvalue weighted by Gasteiger charge is 2.24. The summed E-state index contributed by atoms with van der Waals surface area (Å²) in [5, 5.41) is 12.9. The van der Waals surface area contributed by atoms with Crippen LogP contribution in [0.4, 0.5) is 5.95 Å². The Labute approximate surface area is 135 Å². The predicted octanol–water partition coefficient (Wildman–Crippen LogP) is 2.03. The summed E-state index contributed by atoms with van der Waals surface area (Å²) in [6.45, 7) is 5.83. The monoisotopic (exact) mass is 312 g/mol. The number of piperazine rings is 1. The van der Waals surface area contributed by atoms with Crippen molar-refractivity contribution in [1.29, 1.82) is 0 Å². The molecule has 1 aromatic carbocycles.